The Morgan fingerprint density at radius 1 is 0.938 bits per heavy atom. The van der Waals surface area contributed by atoms with E-state index in [-0.39, 0.29) is 28.5 Å². The highest BCUT2D eigenvalue weighted by Crippen LogP contribution is 2.20. The number of carbonyl (C=O) groups excluding carboxylic acids is 2. The molecule has 0 unspecified atom stereocenters. The van der Waals surface area contributed by atoms with E-state index in [9.17, 15) is 18.0 Å². The fourth-order valence-electron chi connectivity index (χ4n) is 3.17. The van der Waals surface area contributed by atoms with Crippen molar-refractivity contribution in [2.24, 2.45) is 0 Å². The Labute approximate surface area is 187 Å². The minimum Gasteiger partial charge on any atom is -0.467 e. The van der Waals surface area contributed by atoms with Gasteiger partial charge in [0.05, 0.1) is 29.0 Å². The average Bonchev–Trinajstić information content (AvgIpc) is 3.32. The van der Waals surface area contributed by atoms with Crippen molar-refractivity contribution in [2.75, 3.05) is 18.4 Å². The van der Waals surface area contributed by atoms with E-state index in [1.807, 2.05) is 0 Å². The van der Waals surface area contributed by atoms with Crippen LogP contribution in [0.5, 0.6) is 0 Å². The predicted octanol–water partition coefficient (Wildman–Crippen LogP) is 3.49. The molecule has 3 aromatic rings. The topological polar surface area (TPSA) is 109 Å². The van der Waals surface area contributed by atoms with Gasteiger partial charge in [-0.15, -0.1) is 0 Å². The summed E-state index contributed by atoms with van der Waals surface area (Å²) in [5.41, 5.74) is 0.759. The van der Waals surface area contributed by atoms with Crippen LogP contribution in [0.15, 0.2) is 76.2 Å². The lowest BCUT2D eigenvalue weighted by atomic mass is 10.1. The molecule has 0 aliphatic heterocycles. The number of benzene rings is 2. The number of nitrogens with one attached hydrogen (secondary N) is 2. The molecular weight excluding hydrogens is 430 g/mol. The molecule has 3 rings (SSSR count). The molecule has 2 N–H and O–H groups in total. The number of hydrogen-bond acceptors (Lipinski definition) is 5. The Bertz CT molecular complexity index is 1190. The molecule has 0 saturated heterocycles. The standard InChI is InChI=1S/C23H25N3O5S/c1-3-26(4-2)32(29,30)19-11-7-9-17(15-19)22(27)25-21-13-6-5-12-20(21)23(28)24-16-18-10-8-14-31-18/h5-15H,3-4,16H2,1-2H3,(H,24,28)(H,25,27). The van der Waals surface area contributed by atoms with E-state index in [4.69, 9.17) is 4.42 Å². The van der Waals surface area contributed by atoms with Crippen molar-refractivity contribution >= 4 is 27.5 Å². The number of anilines is 1. The first-order valence-corrected chi connectivity index (χ1v) is 11.6. The molecule has 0 radical (unpaired) electrons. The van der Waals surface area contributed by atoms with E-state index in [2.05, 4.69) is 10.6 Å². The second kappa shape index (κ2) is 10.3. The van der Waals surface area contributed by atoms with Crippen LogP contribution >= 0.6 is 0 Å². The number of amides is 2. The van der Waals surface area contributed by atoms with Crippen molar-refractivity contribution in [3.63, 3.8) is 0 Å². The zero-order valence-corrected chi connectivity index (χ0v) is 18.7. The van der Waals surface area contributed by atoms with Gasteiger partial charge < -0.3 is 15.1 Å². The van der Waals surface area contributed by atoms with Crippen LogP contribution in [0.3, 0.4) is 0 Å². The van der Waals surface area contributed by atoms with E-state index >= 15 is 0 Å². The molecule has 1 aromatic heterocycles. The molecule has 0 atom stereocenters. The smallest absolute Gasteiger partial charge is 0.255 e. The monoisotopic (exact) mass is 455 g/mol. The van der Waals surface area contributed by atoms with Gasteiger partial charge in [0.1, 0.15) is 5.76 Å². The Kier molecular flexibility index (Phi) is 7.45. The van der Waals surface area contributed by atoms with Gasteiger partial charge in [-0.05, 0) is 42.5 Å². The molecule has 168 valence electrons. The molecule has 8 nitrogen and oxygen atoms in total. The van der Waals surface area contributed by atoms with Gasteiger partial charge in [-0.2, -0.15) is 4.31 Å². The first kappa shape index (κ1) is 23.2. The van der Waals surface area contributed by atoms with E-state index < -0.39 is 15.9 Å². The number of para-hydroxylation sites is 1. The largest absolute Gasteiger partial charge is 0.467 e. The van der Waals surface area contributed by atoms with Crippen LogP contribution in [0.2, 0.25) is 0 Å². The zero-order chi connectivity index (χ0) is 23.1. The van der Waals surface area contributed by atoms with Crippen LogP contribution in [-0.4, -0.2) is 37.6 Å². The third-order valence-corrected chi connectivity index (χ3v) is 6.91. The van der Waals surface area contributed by atoms with Crippen LogP contribution in [0.1, 0.15) is 40.3 Å². The summed E-state index contributed by atoms with van der Waals surface area (Å²) in [7, 11) is -3.70. The third-order valence-electron chi connectivity index (χ3n) is 4.86. The van der Waals surface area contributed by atoms with Crippen molar-refractivity contribution in [3.05, 3.63) is 83.8 Å². The minimum atomic E-state index is -3.70. The lowest BCUT2D eigenvalue weighted by Crippen LogP contribution is -2.30. The van der Waals surface area contributed by atoms with Gasteiger partial charge in [-0.1, -0.05) is 32.0 Å². The lowest BCUT2D eigenvalue weighted by molar-refractivity contribution is 0.0949. The maximum absolute atomic E-state index is 12.9. The normalized spacial score (nSPS) is 11.3. The summed E-state index contributed by atoms with van der Waals surface area (Å²) in [6, 6.07) is 15.9. The molecule has 32 heavy (non-hydrogen) atoms. The van der Waals surface area contributed by atoms with Crippen molar-refractivity contribution in [1.82, 2.24) is 9.62 Å². The minimum absolute atomic E-state index is 0.0401. The summed E-state index contributed by atoms with van der Waals surface area (Å²) < 4.78 is 32.1. The summed E-state index contributed by atoms with van der Waals surface area (Å²) in [6.07, 6.45) is 1.52. The molecular formula is C23H25N3O5S. The Balaban J connectivity index is 1.79. The summed E-state index contributed by atoms with van der Waals surface area (Å²) in [6.45, 7) is 4.38. The average molecular weight is 456 g/mol. The number of furan rings is 1. The molecule has 0 spiro atoms. The second-order valence-corrected chi connectivity index (χ2v) is 8.82. The molecule has 0 aliphatic rings. The third kappa shape index (κ3) is 5.24. The molecule has 0 bridgehead atoms. The van der Waals surface area contributed by atoms with Crippen LogP contribution in [0, 0.1) is 0 Å². The summed E-state index contributed by atoms with van der Waals surface area (Å²) in [5.74, 6) is -0.297. The van der Waals surface area contributed by atoms with Crippen molar-refractivity contribution in [3.8, 4) is 0 Å². The van der Waals surface area contributed by atoms with Gasteiger partial charge in [0.2, 0.25) is 10.0 Å². The molecule has 0 aliphatic carbocycles. The molecule has 1 heterocycles. The molecule has 2 aromatic carbocycles. The summed E-state index contributed by atoms with van der Waals surface area (Å²) in [4.78, 5) is 25.5. The number of hydrogen-bond donors (Lipinski definition) is 2. The van der Waals surface area contributed by atoms with Gasteiger partial charge in [0, 0.05) is 18.7 Å². The Hall–Kier alpha value is -3.43. The van der Waals surface area contributed by atoms with Gasteiger partial charge in [0.15, 0.2) is 0 Å². The van der Waals surface area contributed by atoms with Crippen molar-refractivity contribution in [2.45, 2.75) is 25.3 Å². The van der Waals surface area contributed by atoms with Gasteiger partial charge >= 0.3 is 0 Å². The van der Waals surface area contributed by atoms with E-state index in [1.54, 1.807) is 50.2 Å². The molecule has 2 amide bonds. The van der Waals surface area contributed by atoms with Gasteiger partial charge in [-0.25, -0.2) is 8.42 Å². The number of carbonyl (C=O) groups is 2. The highest BCUT2D eigenvalue weighted by atomic mass is 32.2. The fourth-order valence-corrected chi connectivity index (χ4v) is 4.68. The maximum Gasteiger partial charge on any atom is 0.255 e. The Morgan fingerprint density at radius 3 is 2.38 bits per heavy atom. The SMILES string of the molecule is CCN(CC)S(=O)(=O)c1cccc(C(=O)Nc2ccccc2C(=O)NCc2ccco2)c1. The van der Waals surface area contributed by atoms with Crippen LogP contribution in [-0.2, 0) is 16.6 Å². The van der Waals surface area contributed by atoms with Gasteiger partial charge in [-0.3, -0.25) is 9.59 Å². The van der Waals surface area contributed by atoms with Crippen LogP contribution in [0.4, 0.5) is 5.69 Å². The molecule has 0 fully saturated rings. The summed E-state index contributed by atoms with van der Waals surface area (Å²) in [5, 5.41) is 5.45. The predicted molar refractivity (Wildman–Crippen MR) is 121 cm³/mol. The molecule has 0 saturated carbocycles. The van der Waals surface area contributed by atoms with E-state index in [0.29, 0.717) is 24.5 Å². The van der Waals surface area contributed by atoms with Gasteiger partial charge in [0.25, 0.3) is 11.8 Å². The van der Waals surface area contributed by atoms with E-state index in [1.165, 1.54) is 34.8 Å². The van der Waals surface area contributed by atoms with Crippen LogP contribution in [0.25, 0.3) is 0 Å². The zero-order valence-electron chi connectivity index (χ0n) is 17.9. The lowest BCUT2D eigenvalue weighted by Gasteiger charge is -2.18. The first-order chi connectivity index (χ1) is 15.4. The summed E-state index contributed by atoms with van der Waals surface area (Å²) >= 11 is 0. The first-order valence-electron chi connectivity index (χ1n) is 10.2. The highest BCUT2D eigenvalue weighted by Gasteiger charge is 2.23. The Morgan fingerprint density at radius 2 is 1.69 bits per heavy atom. The second-order valence-electron chi connectivity index (χ2n) is 6.88. The van der Waals surface area contributed by atoms with Crippen LogP contribution < -0.4 is 10.6 Å². The van der Waals surface area contributed by atoms with E-state index in [0.717, 1.165) is 0 Å². The fraction of sp³-hybridized carbons (Fsp3) is 0.217. The molecule has 9 heteroatoms. The van der Waals surface area contributed by atoms with Crippen molar-refractivity contribution < 1.29 is 22.4 Å². The quantitative estimate of drug-likeness (QED) is 0.513. The highest BCUT2D eigenvalue weighted by molar-refractivity contribution is 7.89. The number of rotatable bonds is 9. The number of nitrogens with zero attached hydrogens (tertiary/aromatic N) is 1. The maximum atomic E-state index is 12.9. The number of sulfonamides is 1. The van der Waals surface area contributed by atoms with Crippen molar-refractivity contribution in [1.29, 1.82) is 0 Å².